The third kappa shape index (κ3) is 5.50. The van der Waals surface area contributed by atoms with Crippen molar-refractivity contribution in [3.63, 3.8) is 0 Å². The van der Waals surface area contributed by atoms with Crippen LogP contribution < -0.4 is 15.2 Å². The molecule has 0 aliphatic carbocycles. The fourth-order valence-electron chi connectivity index (χ4n) is 3.73. The van der Waals surface area contributed by atoms with Crippen LogP contribution in [0.2, 0.25) is 4.34 Å². The summed E-state index contributed by atoms with van der Waals surface area (Å²) in [5.41, 5.74) is 0.0482. The van der Waals surface area contributed by atoms with Crippen molar-refractivity contribution in [2.24, 2.45) is 0 Å². The van der Waals surface area contributed by atoms with Crippen molar-refractivity contribution in [1.29, 1.82) is 0 Å². The highest BCUT2D eigenvalue weighted by Gasteiger charge is 2.30. The van der Waals surface area contributed by atoms with Crippen molar-refractivity contribution in [3.05, 3.63) is 75.2 Å². The normalized spacial score (nSPS) is 17.1. The van der Waals surface area contributed by atoms with Crippen molar-refractivity contribution in [2.45, 2.75) is 12.5 Å². The number of nitrogens with zero attached hydrogens (tertiary/aromatic N) is 3. The minimum Gasteiger partial charge on any atom is -0.755 e. The Morgan fingerprint density at radius 2 is 2.12 bits per heavy atom. The third-order valence-corrected chi connectivity index (χ3v) is 7.37. The molecule has 0 bridgehead atoms. The SMILES string of the molecule is O=C(CN1CCC(N(c2ccc(Cl)s2)S(=O)[O-])C1)Nc1ccc(-n2ccccc2=O)cc1F. The van der Waals surface area contributed by atoms with E-state index in [-0.39, 0.29) is 23.8 Å². The summed E-state index contributed by atoms with van der Waals surface area (Å²) >= 11 is 4.62. The first-order valence-corrected chi connectivity index (χ1v) is 12.2. The van der Waals surface area contributed by atoms with Crippen LogP contribution in [0, 0.1) is 5.82 Å². The lowest BCUT2D eigenvalue weighted by atomic mass is 10.2. The molecule has 1 amide bonds. The van der Waals surface area contributed by atoms with Crippen LogP contribution in [0.5, 0.6) is 0 Å². The molecule has 1 aliphatic heterocycles. The van der Waals surface area contributed by atoms with E-state index in [0.29, 0.717) is 34.5 Å². The molecule has 1 fully saturated rings. The van der Waals surface area contributed by atoms with E-state index in [1.165, 1.54) is 44.6 Å². The molecule has 33 heavy (non-hydrogen) atoms. The van der Waals surface area contributed by atoms with Gasteiger partial charge in [0, 0.05) is 42.7 Å². The third-order valence-electron chi connectivity index (χ3n) is 5.21. The lowest BCUT2D eigenvalue weighted by molar-refractivity contribution is -0.117. The van der Waals surface area contributed by atoms with E-state index >= 15 is 0 Å². The van der Waals surface area contributed by atoms with Crippen molar-refractivity contribution in [1.82, 2.24) is 9.47 Å². The van der Waals surface area contributed by atoms with Crippen LogP contribution in [0.15, 0.2) is 59.5 Å². The number of hydrogen-bond acceptors (Lipinski definition) is 6. The van der Waals surface area contributed by atoms with Crippen LogP contribution in [0.25, 0.3) is 5.69 Å². The predicted octanol–water partition coefficient (Wildman–Crippen LogP) is 3.01. The van der Waals surface area contributed by atoms with E-state index in [0.717, 1.165) is 0 Å². The topological polar surface area (TPSA) is 97.7 Å². The largest absolute Gasteiger partial charge is 0.755 e. The number of carbonyl (C=O) groups is 1. The summed E-state index contributed by atoms with van der Waals surface area (Å²) in [6.45, 7) is 0.860. The highest BCUT2D eigenvalue weighted by atomic mass is 35.5. The maximum atomic E-state index is 14.6. The van der Waals surface area contributed by atoms with Gasteiger partial charge in [0.05, 0.1) is 28.3 Å². The van der Waals surface area contributed by atoms with Gasteiger partial charge in [0.15, 0.2) is 0 Å². The molecule has 0 radical (unpaired) electrons. The summed E-state index contributed by atoms with van der Waals surface area (Å²) in [5, 5.41) is 3.06. The molecule has 1 aromatic carbocycles. The quantitative estimate of drug-likeness (QED) is 0.494. The highest BCUT2D eigenvalue weighted by Crippen LogP contribution is 2.33. The summed E-state index contributed by atoms with van der Waals surface area (Å²) in [6.07, 6.45) is 2.08. The summed E-state index contributed by atoms with van der Waals surface area (Å²) in [6, 6.07) is 11.7. The number of pyridine rings is 1. The van der Waals surface area contributed by atoms with Crippen molar-refractivity contribution < 1.29 is 17.9 Å². The van der Waals surface area contributed by atoms with E-state index < -0.39 is 23.0 Å². The van der Waals surface area contributed by atoms with E-state index in [1.807, 2.05) is 4.90 Å². The minimum atomic E-state index is -2.48. The average molecular weight is 510 g/mol. The summed E-state index contributed by atoms with van der Waals surface area (Å²) in [5.74, 6) is -1.09. The molecular formula is C21H19ClFN4O4S2-. The Morgan fingerprint density at radius 1 is 1.30 bits per heavy atom. The number of rotatable bonds is 7. The van der Waals surface area contributed by atoms with Crippen molar-refractivity contribution in [3.8, 4) is 5.69 Å². The van der Waals surface area contributed by atoms with Gasteiger partial charge in [-0.3, -0.25) is 27.6 Å². The molecule has 2 unspecified atom stereocenters. The number of halogens is 2. The molecular weight excluding hydrogens is 491 g/mol. The average Bonchev–Trinajstić information content (AvgIpc) is 3.39. The van der Waals surface area contributed by atoms with Crippen LogP contribution in [0.4, 0.5) is 15.1 Å². The molecule has 1 aliphatic rings. The minimum absolute atomic E-state index is 0.000933. The van der Waals surface area contributed by atoms with Gasteiger partial charge in [0.25, 0.3) is 5.56 Å². The monoisotopic (exact) mass is 509 g/mol. The number of thiophene rings is 1. The summed E-state index contributed by atoms with van der Waals surface area (Å²) < 4.78 is 41.2. The van der Waals surface area contributed by atoms with Crippen LogP contribution >= 0.6 is 22.9 Å². The van der Waals surface area contributed by atoms with E-state index in [2.05, 4.69) is 5.32 Å². The molecule has 2 aromatic heterocycles. The Hall–Kier alpha value is -2.57. The van der Waals surface area contributed by atoms with E-state index in [4.69, 9.17) is 11.6 Å². The Morgan fingerprint density at radius 3 is 2.79 bits per heavy atom. The van der Waals surface area contributed by atoms with Gasteiger partial charge in [-0.15, -0.1) is 11.3 Å². The molecule has 174 valence electrons. The zero-order chi connectivity index (χ0) is 23.5. The van der Waals surface area contributed by atoms with Crippen molar-refractivity contribution >= 4 is 50.8 Å². The molecule has 8 nitrogen and oxygen atoms in total. The number of likely N-dealkylation sites (tertiary alicyclic amines) is 1. The molecule has 0 spiro atoms. The first-order valence-electron chi connectivity index (χ1n) is 9.95. The van der Waals surface area contributed by atoms with Gasteiger partial charge in [0.1, 0.15) is 10.8 Å². The smallest absolute Gasteiger partial charge is 0.255 e. The van der Waals surface area contributed by atoms with Crippen LogP contribution in [-0.4, -0.2) is 49.8 Å². The molecule has 4 rings (SSSR count). The molecule has 12 heteroatoms. The van der Waals surface area contributed by atoms with Crippen LogP contribution in [0.1, 0.15) is 6.42 Å². The van der Waals surface area contributed by atoms with Crippen LogP contribution in [-0.2, 0) is 16.1 Å². The van der Waals surface area contributed by atoms with Gasteiger partial charge in [-0.2, -0.15) is 0 Å². The fourth-order valence-corrected chi connectivity index (χ4v) is 5.66. The molecule has 0 saturated carbocycles. The van der Waals surface area contributed by atoms with Crippen molar-refractivity contribution in [2.75, 3.05) is 29.3 Å². The number of amides is 1. The van der Waals surface area contributed by atoms with Crippen LogP contribution in [0.3, 0.4) is 0 Å². The number of hydrogen-bond donors (Lipinski definition) is 1. The van der Waals surface area contributed by atoms with Gasteiger partial charge in [-0.1, -0.05) is 17.7 Å². The van der Waals surface area contributed by atoms with Gasteiger partial charge < -0.3 is 9.87 Å². The Kier molecular flexibility index (Phi) is 7.25. The lowest BCUT2D eigenvalue weighted by Crippen LogP contribution is -2.40. The van der Waals surface area contributed by atoms with Gasteiger partial charge >= 0.3 is 0 Å². The second kappa shape index (κ2) is 10.1. The second-order valence-corrected chi connectivity index (χ2v) is 9.94. The second-order valence-electron chi connectivity index (χ2n) is 7.42. The zero-order valence-corrected chi connectivity index (χ0v) is 19.5. The summed E-state index contributed by atoms with van der Waals surface area (Å²) in [7, 11) is 0. The predicted molar refractivity (Wildman–Crippen MR) is 126 cm³/mol. The molecule has 1 N–H and O–H groups in total. The van der Waals surface area contributed by atoms with Gasteiger partial charge in [0.2, 0.25) is 5.91 Å². The first kappa shape index (κ1) is 23.6. The van der Waals surface area contributed by atoms with E-state index in [9.17, 15) is 22.7 Å². The molecule has 3 heterocycles. The van der Waals surface area contributed by atoms with Gasteiger partial charge in [-0.05, 0) is 36.8 Å². The first-order chi connectivity index (χ1) is 15.8. The zero-order valence-electron chi connectivity index (χ0n) is 17.1. The number of benzene rings is 1. The molecule has 1 saturated heterocycles. The van der Waals surface area contributed by atoms with Gasteiger partial charge in [-0.25, -0.2) is 4.39 Å². The van der Waals surface area contributed by atoms with E-state index in [1.54, 1.807) is 30.3 Å². The lowest BCUT2D eigenvalue weighted by Gasteiger charge is -2.30. The maximum absolute atomic E-state index is 14.6. The maximum Gasteiger partial charge on any atom is 0.255 e. The standard InChI is InChI=1S/C21H20ClFN4O4S2/c22-18-6-7-21(32-18)27(33(30)31)15-8-10-25(12-15)13-19(28)24-17-5-4-14(11-16(17)23)26-9-2-1-3-20(26)29/h1-7,9,11,15H,8,10,12-13H2,(H,24,28)(H,30,31)/p-1. The number of aromatic nitrogens is 1. The Balaban J connectivity index is 1.38. The summed E-state index contributed by atoms with van der Waals surface area (Å²) in [4.78, 5) is 26.2. The molecule has 2 atom stereocenters. The number of carbonyl (C=O) groups excluding carboxylic acids is 1. The Bertz CT molecular complexity index is 1250. The highest BCUT2D eigenvalue weighted by molar-refractivity contribution is 7.81. The number of nitrogens with one attached hydrogen (secondary N) is 1. The fraction of sp³-hybridized carbons (Fsp3) is 0.238. The molecule has 3 aromatic rings. The Labute approximate surface area is 200 Å². The number of anilines is 2.